The molecule has 0 saturated heterocycles. The first-order valence-electron chi connectivity index (χ1n) is 11.9. The van der Waals surface area contributed by atoms with E-state index in [9.17, 15) is 13.2 Å². The first kappa shape index (κ1) is 26.8. The number of halogens is 3. The summed E-state index contributed by atoms with van der Waals surface area (Å²) < 4.78 is 50.9. The molecule has 0 unspecified atom stereocenters. The summed E-state index contributed by atoms with van der Waals surface area (Å²) in [5.74, 6) is 1.20. The number of rotatable bonds is 6. The van der Waals surface area contributed by atoms with Crippen molar-refractivity contribution in [1.82, 2.24) is 9.97 Å². The van der Waals surface area contributed by atoms with Crippen molar-refractivity contribution in [3.8, 4) is 17.6 Å². The molecular weight excluding hydrogens is 469 g/mol. The van der Waals surface area contributed by atoms with Crippen LogP contribution in [0, 0.1) is 11.3 Å². The highest BCUT2D eigenvalue weighted by molar-refractivity contribution is 5.69. The van der Waals surface area contributed by atoms with Crippen molar-refractivity contribution in [2.75, 3.05) is 12.0 Å². The molecular formula is C27H29F3N4O2. The Balaban J connectivity index is 0.00000176. The Morgan fingerprint density at radius 3 is 2.22 bits per heavy atom. The first-order chi connectivity index (χ1) is 17.4. The zero-order valence-corrected chi connectivity index (χ0v) is 20.5. The monoisotopic (exact) mass is 498 g/mol. The fourth-order valence-corrected chi connectivity index (χ4v) is 4.21. The lowest BCUT2D eigenvalue weighted by Gasteiger charge is -2.38. The van der Waals surface area contributed by atoms with Crippen molar-refractivity contribution < 1.29 is 22.6 Å². The Labute approximate surface area is 209 Å². The van der Waals surface area contributed by atoms with Crippen LogP contribution in [0.5, 0.6) is 11.5 Å². The van der Waals surface area contributed by atoms with Gasteiger partial charge in [-0.15, -0.1) is 0 Å². The largest absolute Gasteiger partial charge is 0.494 e. The van der Waals surface area contributed by atoms with Gasteiger partial charge in [-0.2, -0.15) is 18.4 Å². The molecule has 0 aliphatic heterocycles. The number of alkyl halides is 3. The van der Waals surface area contributed by atoms with Gasteiger partial charge in [0.25, 0.3) is 0 Å². The quantitative estimate of drug-likeness (QED) is 0.367. The number of nitriles is 1. The molecule has 1 fully saturated rings. The molecule has 36 heavy (non-hydrogen) atoms. The third-order valence-corrected chi connectivity index (χ3v) is 5.88. The van der Waals surface area contributed by atoms with E-state index in [-0.39, 0.29) is 12.1 Å². The number of ether oxygens (including phenoxy) is 2. The molecule has 0 atom stereocenters. The fraction of sp³-hybridized carbons (Fsp3) is 0.370. The predicted molar refractivity (Wildman–Crippen MR) is 131 cm³/mol. The third kappa shape index (κ3) is 6.45. The number of hydrogen-bond acceptors (Lipinski definition) is 6. The molecule has 1 saturated carbocycles. The summed E-state index contributed by atoms with van der Waals surface area (Å²) in [7, 11) is 1.56. The Morgan fingerprint density at radius 2 is 1.67 bits per heavy atom. The normalized spacial score (nSPS) is 17.2. The van der Waals surface area contributed by atoms with E-state index >= 15 is 0 Å². The van der Waals surface area contributed by atoms with Crippen LogP contribution in [0.25, 0.3) is 0 Å². The minimum absolute atomic E-state index is 0.0174. The molecule has 2 heterocycles. The number of benzene rings is 1. The molecule has 0 radical (unpaired) electrons. The number of nitrogens with zero attached hydrogens (tertiary/aromatic N) is 4. The van der Waals surface area contributed by atoms with Gasteiger partial charge in [-0.1, -0.05) is 13.8 Å². The topological polar surface area (TPSA) is 71.3 Å². The fourth-order valence-electron chi connectivity index (χ4n) is 4.21. The lowest BCUT2D eigenvalue weighted by molar-refractivity contribution is -0.137. The van der Waals surface area contributed by atoms with E-state index in [2.05, 4.69) is 9.97 Å². The highest BCUT2D eigenvalue weighted by Gasteiger charge is 2.32. The molecule has 9 heteroatoms. The zero-order chi connectivity index (χ0) is 26.1. The van der Waals surface area contributed by atoms with Crippen LogP contribution in [0.4, 0.5) is 24.5 Å². The number of pyridine rings is 2. The lowest BCUT2D eigenvalue weighted by Crippen LogP contribution is -2.37. The Hall–Kier alpha value is -3.80. The minimum atomic E-state index is -4.40. The maximum atomic E-state index is 13.1. The zero-order valence-electron chi connectivity index (χ0n) is 20.5. The van der Waals surface area contributed by atoms with Crippen LogP contribution in [-0.4, -0.2) is 29.2 Å². The van der Waals surface area contributed by atoms with E-state index in [0.717, 1.165) is 37.8 Å². The van der Waals surface area contributed by atoms with Gasteiger partial charge in [-0.3, -0.25) is 4.98 Å². The molecule has 0 N–H and O–H groups in total. The van der Waals surface area contributed by atoms with Gasteiger partial charge < -0.3 is 14.4 Å². The van der Waals surface area contributed by atoms with E-state index in [4.69, 9.17) is 14.7 Å². The van der Waals surface area contributed by atoms with Crippen LogP contribution >= 0.6 is 0 Å². The molecule has 0 spiro atoms. The summed E-state index contributed by atoms with van der Waals surface area (Å²) in [5, 5.41) is 8.88. The Morgan fingerprint density at radius 1 is 0.972 bits per heavy atom. The van der Waals surface area contributed by atoms with E-state index in [1.165, 1.54) is 12.1 Å². The standard InChI is InChI=1S/C25H23F3N4O2.C2H6/c1-33-24-12-13-30-16-23(24)32(19-5-2-17(3-6-19)25(26,27)28)20-7-10-21(11-8-20)34-22-9-4-18(14-29)31-15-22;1-2/h2-6,9,12-13,15-16,20-21H,7-8,10-11H2,1H3;1-2H3. The third-order valence-electron chi connectivity index (χ3n) is 5.88. The van der Waals surface area contributed by atoms with Crippen LogP contribution in [0.15, 0.2) is 61.1 Å². The number of methoxy groups -OCH3 is 1. The maximum Gasteiger partial charge on any atom is 0.416 e. The average Bonchev–Trinajstić information content (AvgIpc) is 2.91. The molecule has 1 aliphatic carbocycles. The molecule has 6 nitrogen and oxygen atoms in total. The number of aromatic nitrogens is 2. The number of anilines is 2. The van der Waals surface area contributed by atoms with Gasteiger partial charge in [0.2, 0.25) is 0 Å². The van der Waals surface area contributed by atoms with Gasteiger partial charge in [0.1, 0.15) is 28.9 Å². The summed E-state index contributed by atoms with van der Waals surface area (Å²) in [5.41, 5.74) is 0.974. The Bertz CT molecular complexity index is 1140. The number of hydrogen-bond donors (Lipinski definition) is 0. The predicted octanol–water partition coefficient (Wildman–Crippen LogP) is 6.93. The van der Waals surface area contributed by atoms with E-state index in [1.54, 1.807) is 43.9 Å². The molecule has 0 amide bonds. The lowest BCUT2D eigenvalue weighted by atomic mass is 9.91. The van der Waals surface area contributed by atoms with Crippen LogP contribution < -0.4 is 14.4 Å². The second-order valence-electron chi connectivity index (χ2n) is 8.00. The van der Waals surface area contributed by atoms with Gasteiger partial charge in [-0.05, 0) is 62.1 Å². The second kappa shape index (κ2) is 12.2. The van der Waals surface area contributed by atoms with Crippen molar-refractivity contribution in [1.29, 1.82) is 5.26 Å². The van der Waals surface area contributed by atoms with Crippen molar-refractivity contribution in [3.63, 3.8) is 0 Å². The van der Waals surface area contributed by atoms with Gasteiger partial charge >= 0.3 is 6.18 Å². The summed E-state index contributed by atoms with van der Waals surface area (Å²) in [4.78, 5) is 10.3. The average molecular weight is 499 g/mol. The second-order valence-corrected chi connectivity index (χ2v) is 8.00. The molecule has 2 aromatic heterocycles. The highest BCUT2D eigenvalue weighted by atomic mass is 19.4. The molecule has 1 aliphatic rings. The van der Waals surface area contributed by atoms with Crippen LogP contribution in [0.3, 0.4) is 0 Å². The summed E-state index contributed by atoms with van der Waals surface area (Å²) in [6.07, 6.45) is 3.43. The summed E-state index contributed by atoms with van der Waals surface area (Å²) in [6, 6.07) is 12.2. The molecule has 0 bridgehead atoms. The van der Waals surface area contributed by atoms with Gasteiger partial charge in [0, 0.05) is 24.0 Å². The van der Waals surface area contributed by atoms with E-state index in [1.807, 2.05) is 24.8 Å². The van der Waals surface area contributed by atoms with Crippen LogP contribution in [0.2, 0.25) is 0 Å². The first-order valence-corrected chi connectivity index (χ1v) is 11.9. The van der Waals surface area contributed by atoms with Crippen molar-refractivity contribution in [2.24, 2.45) is 0 Å². The summed E-state index contributed by atoms with van der Waals surface area (Å²) >= 11 is 0. The molecule has 190 valence electrons. The van der Waals surface area contributed by atoms with E-state index < -0.39 is 11.7 Å². The van der Waals surface area contributed by atoms with Crippen molar-refractivity contribution in [3.05, 3.63) is 72.3 Å². The van der Waals surface area contributed by atoms with Crippen LogP contribution in [0.1, 0.15) is 50.8 Å². The van der Waals surface area contributed by atoms with Gasteiger partial charge in [0.05, 0.1) is 31.2 Å². The molecule has 1 aromatic carbocycles. The minimum Gasteiger partial charge on any atom is -0.494 e. The van der Waals surface area contributed by atoms with Crippen LogP contribution in [-0.2, 0) is 6.18 Å². The molecule has 3 aromatic rings. The highest BCUT2D eigenvalue weighted by Crippen LogP contribution is 2.40. The molecule has 4 rings (SSSR count). The van der Waals surface area contributed by atoms with Crippen molar-refractivity contribution in [2.45, 2.75) is 57.9 Å². The maximum absolute atomic E-state index is 13.1. The smallest absolute Gasteiger partial charge is 0.416 e. The van der Waals surface area contributed by atoms with E-state index in [0.29, 0.717) is 28.6 Å². The van der Waals surface area contributed by atoms with Crippen molar-refractivity contribution >= 4 is 11.4 Å². The Kier molecular flexibility index (Phi) is 9.12. The SMILES string of the molecule is CC.COc1ccncc1N(c1ccc(C(F)(F)F)cc1)C1CCC(Oc2ccc(C#N)nc2)CC1. The van der Waals surface area contributed by atoms with Gasteiger partial charge in [-0.25, -0.2) is 4.98 Å². The summed E-state index contributed by atoms with van der Waals surface area (Å²) in [6.45, 7) is 4.00. The van der Waals surface area contributed by atoms with Gasteiger partial charge in [0.15, 0.2) is 0 Å².